The highest BCUT2D eigenvalue weighted by atomic mass is 35.5. The van der Waals surface area contributed by atoms with Gasteiger partial charge in [-0.05, 0) is 43.3 Å². The molecule has 1 heterocycles. The predicted molar refractivity (Wildman–Crippen MR) is 97.5 cm³/mol. The van der Waals surface area contributed by atoms with E-state index in [9.17, 15) is 9.59 Å². The number of para-hydroxylation sites is 1. The van der Waals surface area contributed by atoms with E-state index in [-0.39, 0.29) is 5.82 Å². The molecule has 3 rings (SSSR count). The van der Waals surface area contributed by atoms with Crippen molar-refractivity contribution in [1.29, 1.82) is 0 Å². The number of nitrogens with one attached hydrogen (secondary N) is 2. The number of carbonyl (C=O) groups is 2. The zero-order valence-corrected chi connectivity index (χ0v) is 15.0. The van der Waals surface area contributed by atoms with Gasteiger partial charge in [-0.25, -0.2) is 9.67 Å². The maximum Gasteiger partial charge on any atom is 0.309 e. The smallest absolute Gasteiger partial charge is 0.267 e. The van der Waals surface area contributed by atoms with Gasteiger partial charge in [-0.3, -0.25) is 20.4 Å². The molecule has 2 aromatic carbocycles. The second-order valence-electron chi connectivity index (χ2n) is 5.26. The van der Waals surface area contributed by atoms with Crippen LogP contribution in [-0.2, 0) is 0 Å². The number of nitrogens with zero attached hydrogens (tertiary/aromatic N) is 3. The molecule has 0 unspecified atom stereocenters. The number of hydrogen-bond donors (Lipinski definition) is 2. The van der Waals surface area contributed by atoms with E-state index in [1.165, 1.54) is 4.68 Å². The van der Waals surface area contributed by atoms with Crippen molar-refractivity contribution in [2.45, 2.75) is 6.92 Å². The number of amides is 2. The van der Waals surface area contributed by atoms with Crippen LogP contribution in [0.3, 0.4) is 0 Å². The van der Waals surface area contributed by atoms with Crippen molar-refractivity contribution in [2.24, 2.45) is 0 Å². The minimum atomic E-state index is -0.652. The molecule has 0 aliphatic carbocycles. The number of aryl methyl sites for hydroxylation is 1. The largest absolute Gasteiger partial charge is 0.309 e. The number of hydrogen-bond acceptors (Lipinski definition) is 4. The molecule has 3 aromatic rings. The third-order valence-electron chi connectivity index (χ3n) is 3.45. The van der Waals surface area contributed by atoms with Gasteiger partial charge in [0.15, 0.2) is 0 Å². The van der Waals surface area contributed by atoms with E-state index in [0.717, 1.165) is 0 Å². The van der Waals surface area contributed by atoms with E-state index in [4.69, 9.17) is 23.2 Å². The molecule has 26 heavy (non-hydrogen) atoms. The van der Waals surface area contributed by atoms with Crippen molar-refractivity contribution in [1.82, 2.24) is 25.6 Å². The van der Waals surface area contributed by atoms with E-state index in [2.05, 4.69) is 20.9 Å². The van der Waals surface area contributed by atoms with Crippen LogP contribution < -0.4 is 10.9 Å². The molecule has 0 aliphatic rings. The standard InChI is InChI=1S/C17H13Cl2N5O2/c1-10-20-15(23-24(10)14-5-3-2-4-13(14)19)17(26)22-21-16(25)11-6-8-12(18)9-7-11/h2-9H,1H3,(H,21,25)(H,22,26). The van der Waals surface area contributed by atoms with Gasteiger partial charge in [0.25, 0.3) is 5.91 Å². The average Bonchev–Trinajstić information content (AvgIpc) is 3.02. The van der Waals surface area contributed by atoms with E-state index < -0.39 is 11.8 Å². The Kier molecular flexibility index (Phi) is 5.20. The van der Waals surface area contributed by atoms with Gasteiger partial charge in [0.2, 0.25) is 5.82 Å². The number of rotatable bonds is 3. The molecule has 1 aromatic heterocycles. The fraction of sp³-hybridized carbons (Fsp3) is 0.0588. The normalized spacial score (nSPS) is 10.4. The molecular weight excluding hydrogens is 377 g/mol. The monoisotopic (exact) mass is 389 g/mol. The number of benzene rings is 2. The summed E-state index contributed by atoms with van der Waals surface area (Å²) in [6.45, 7) is 1.69. The van der Waals surface area contributed by atoms with Crippen molar-refractivity contribution < 1.29 is 9.59 Å². The van der Waals surface area contributed by atoms with Crippen LogP contribution in [0.15, 0.2) is 48.5 Å². The summed E-state index contributed by atoms with van der Waals surface area (Å²) in [5.41, 5.74) is 5.52. The molecule has 132 valence electrons. The lowest BCUT2D eigenvalue weighted by atomic mass is 10.2. The van der Waals surface area contributed by atoms with Crippen LogP contribution in [0.25, 0.3) is 5.69 Å². The number of aromatic nitrogens is 3. The van der Waals surface area contributed by atoms with Crippen LogP contribution in [0, 0.1) is 6.92 Å². The maximum atomic E-state index is 12.2. The van der Waals surface area contributed by atoms with E-state index in [1.54, 1.807) is 55.5 Å². The van der Waals surface area contributed by atoms with Crippen molar-refractivity contribution in [3.05, 3.63) is 75.8 Å². The first-order valence-electron chi connectivity index (χ1n) is 7.50. The lowest BCUT2D eigenvalue weighted by molar-refractivity contribution is 0.0841. The molecular formula is C17H13Cl2N5O2. The number of hydrazine groups is 1. The first-order chi connectivity index (χ1) is 12.5. The third kappa shape index (κ3) is 3.84. The first kappa shape index (κ1) is 17.9. The second kappa shape index (κ2) is 7.55. The molecule has 0 aliphatic heterocycles. The fourth-order valence-electron chi connectivity index (χ4n) is 2.18. The Morgan fingerprint density at radius 3 is 2.31 bits per heavy atom. The molecule has 0 saturated carbocycles. The summed E-state index contributed by atoms with van der Waals surface area (Å²) in [6, 6.07) is 13.3. The van der Waals surface area contributed by atoms with Crippen LogP contribution in [0.4, 0.5) is 0 Å². The van der Waals surface area contributed by atoms with Gasteiger partial charge in [-0.1, -0.05) is 35.3 Å². The Balaban J connectivity index is 1.71. The Bertz CT molecular complexity index is 970. The lowest BCUT2D eigenvalue weighted by Crippen LogP contribution is -2.42. The number of halogens is 2. The van der Waals surface area contributed by atoms with Gasteiger partial charge in [-0.2, -0.15) is 0 Å². The highest BCUT2D eigenvalue weighted by Gasteiger charge is 2.17. The fourth-order valence-corrected chi connectivity index (χ4v) is 2.52. The SMILES string of the molecule is Cc1nc(C(=O)NNC(=O)c2ccc(Cl)cc2)nn1-c1ccccc1Cl. The molecule has 0 bridgehead atoms. The Morgan fingerprint density at radius 2 is 1.62 bits per heavy atom. The highest BCUT2D eigenvalue weighted by Crippen LogP contribution is 2.20. The summed E-state index contributed by atoms with van der Waals surface area (Å²) in [7, 11) is 0. The maximum absolute atomic E-state index is 12.2. The summed E-state index contributed by atoms with van der Waals surface area (Å²) in [4.78, 5) is 28.3. The molecule has 2 amide bonds. The molecule has 2 N–H and O–H groups in total. The van der Waals surface area contributed by atoms with E-state index in [0.29, 0.717) is 27.1 Å². The minimum absolute atomic E-state index is 0.0983. The lowest BCUT2D eigenvalue weighted by Gasteiger charge is -2.06. The predicted octanol–water partition coefficient (Wildman–Crippen LogP) is 2.96. The molecule has 0 radical (unpaired) electrons. The Labute approximate surface area is 158 Å². The zero-order valence-electron chi connectivity index (χ0n) is 13.5. The van der Waals surface area contributed by atoms with Gasteiger partial charge in [0, 0.05) is 10.6 Å². The first-order valence-corrected chi connectivity index (χ1v) is 8.26. The average molecular weight is 390 g/mol. The zero-order chi connectivity index (χ0) is 18.7. The summed E-state index contributed by atoms with van der Waals surface area (Å²) in [5.74, 6) is -0.760. The van der Waals surface area contributed by atoms with Crippen molar-refractivity contribution in [2.75, 3.05) is 0 Å². The van der Waals surface area contributed by atoms with Gasteiger partial charge >= 0.3 is 5.91 Å². The second-order valence-corrected chi connectivity index (χ2v) is 6.10. The van der Waals surface area contributed by atoms with Crippen LogP contribution in [0.1, 0.15) is 26.8 Å². The van der Waals surface area contributed by atoms with Crippen molar-refractivity contribution in [3.63, 3.8) is 0 Å². The summed E-state index contributed by atoms with van der Waals surface area (Å²) >= 11 is 11.9. The van der Waals surface area contributed by atoms with Gasteiger partial charge in [-0.15, -0.1) is 5.10 Å². The summed E-state index contributed by atoms with van der Waals surface area (Å²) in [5, 5.41) is 5.13. The van der Waals surface area contributed by atoms with E-state index in [1.807, 2.05) is 0 Å². The molecule has 9 heteroatoms. The van der Waals surface area contributed by atoms with Crippen molar-refractivity contribution >= 4 is 35.0 Å². The quantitative estimate of drug-likeness (QED) is 0.673. The Hall–Kier alpha value is -2.90. The van der Waals surface area contributed by atoms with Crippen LogP contribution in [-0.4, -0.2) is 26.6 Å². The Morgan fingerprint density at radius 1 is 0.962 bits per heavy atom. The van der Waals surface area contributed by atoms with Gasteiger partial charge < -0.3 is 0 Å². The number of carbonyl (C=O) groups excluding carboxylic acids is 2. The van der Waals surface area contributed by atoms with Crippen LogP contribution >= 0.6 is 23.2 Å². The minimum Gasteiger partial charge on any atom is -0.267 e. The third-order valence-corrected chi connectivity index (χ3v) is 4.02. The van der Waals surface area contributed by atoms with Crippen LogP contribution in [0.2, 0.25) is 10.0 Å². The van der Waals surface area contributed by atoms with Crippen LogP contribution in [0.5, 0.6) is 0 Å². The molecule has 0 saturated heterocycles. The van der Waals surface area contributed by atoms with E-state index >= 15 is 0 Å². The molecule has 0 spiro atoms. The van der Waals surface area contributed by atoms with Crippen molar-refractivity contribution in [3.8, 4) is 5.69 Å². The highest BCUT2D eigenvalue weighted by molar-refractivity contribution is 6.32. The summed E-state index contributed by atoms with van der Waals surface area (Å²) in [6.07, 6.45) is 0. The molecule has 7 nitrogen and oxygen atoms in total. The van der Waals surface area contributed by atoms with Gasteiger partial charge in [0.05, 0.1) is 10.7 Å². The summed E-state index contributed by atoms with van der Waals surface area (Å²) < 4.78 is 1.46. The molecule has 0 atom stereocenters. The topological polar surface area (TPSA) is 88.9 Å². The van der Waals surface area contributed by atoms with Gasteiger partial charge in [0.1, 0.15) is 5.82 Å². The molecule has 0 fully saturated rings.